The van der Waals surface area contributed by atoms with Crippen molar-refractivity contribution in [3.8, 4) is 11.5 Å². The molecule has 132 valence electrons. The highest BCUT2D eigenvalue weighted by molar-refractivity contribution is 6.31. The van der Waals surface area contributed by atoms with E-state index in [4.69, 9.17) is 21.1 Å². The SMILES string of the molecule is CCN(CC1COc2ccccc2O1)C(=O)Cc1c(F)cccc1Cl. The molecule has 1 heterocycles. The van der Waals surface area contributed by atoms with E-state index >= 15 is 0 Å². The molecule has 2 aromatic carbocycles. The molecule has 1 amide bonds. The molecule has 1 unspecified atom stereocenters. The van der Waals surface area contributed by atoms with E-state index in [1.165, 1.54) is 12.1 Å². The number of hydrogen-bond acceptors (Lipinski definition) is 3. The van der Waals surface area contributed by atoms with E-state index < -0.39 is 5.82 Å². The Hall–Kier alpha value is -2.27. The Bertz CT molecular complexity index is 748. The van der Waals surface area contributed by atoms with Crippen LogP contribution in [0.25, 0.3) is 0 Å². The molecule has 2 aromatic rings. The normalized spacial score (nSPS) is 15.7. The smallest absolute Gasteiger partial charge is 0.227 e. The van der Waals surface area contributed by atoms with E-state index in [9.17, 15) is 9.18 Å². The van der Waals surface area contributed by atoms with Crippen molar-refractivity contribution in [3.05, 3.63) is 58.9 Å². The molecular weight excluding hydrogens is 345 g/mol. The van der Waals surface area contributed by atoms with E-state index in [0.717, 1.165) is 0 Å². The predicted molar refractivity (Wildman–Crippen MR) is 93.7 cm³/mol. The van der Waals surface area contributed by atoms with Crippen molar-refractivity contribution in [2.45, 2.75) is 19.4 Å². The van der Waals surface area contributed by atoms with Crippen LogP contribution in [-0.4, -0.2) is 36.6 Å². The summed E-state index contributed by atoms with van der Waals surface area (Å²) in [5.41, 5.74) is 0.221. The lowest BCUT2D eigenvalue weighted by Gasteiger charge is -2.31. The maximum Gasteiger partial charge on any atom is 0.227 e. The first-order valence-electron chi connectivity index (χ1n) is 8.17. The monoisotopic (exact) mass is 363 g/mol. The maximum absolute atomic E-state index is 13.9. The van der Waals surface area contributed by atoms with E-state index in [0.29, 0.717) is 31.2 Å². The lowest BCUT2D eigenvalue weighted by atomic mass is 10.1. The number of para-hydroxylation sites is 2. The Morgan fingerprint density at radius 3 is 2.72 bits per heavy atom. The summed E-state index contributed by atoms with van der Waals surface area (Å²) >= 11 is 6.01. The molecule has 4 nitrogen and oxygen atoms in total. The topological polar surface area (TPSA) is 38.8 Å². The van der Waals surface area contributed by atoms with Crippen LogP contribution in [0.1, 0.15) is 12.5 Å². The maximum atomic E-state index is 13.9. The van der Waals surface area contributed by atoms with Crippen molar-refractivity contribution >= 4 is 17.5 Å². The minimum atomic E-state index is -0.469. The van der Waals surface area contributed by atoms with Crippen molar-refractivity contribution in [1.82, 2.24) is 4.90 Å². The van der Waals surface area contributed by atoms with Crippen molar-refractivity contribution in [1.29, 1.82) is 0 Å². The zero-order valence-electron chi connectivity index (χ0n) is 13.9. The molecular formula is C19H19ClFNO3. The minimum Gasteiger partial charge on any atom is -0.486 e. The highest BCUT2D eigenvalue weighted by Gasteiger charge is 2.25. The number of carbonyl (C=O) groups excluding carboxylic acids is 1. The van der Waals surface area contributed by atoms with Crippen molar-refractivity contribution < 1.29 is 18.7 Å². The Morgan fingerprint density at radius 1 is 1.24 bits per heavy atom. The minimum absolute atomic E-state index is 0.0799. The summed E-state index contributed by atoms with van der Waals surface area (Å²) in [6.45, 7) is 3.10. The van der Waals surface area contributed by atoms with Crippen LogP contribution in [0.4, 0.5) is 4.39 Å². The molecule has 0 spiro atoms. The first kappa shape index (κ1) is 17.5. The molecule has 0 aliphatic carbocycles. The van der Waals surface area contributed by atoms with Gasteiger partial charge < -0.3 is 14.4 Å². The van der Waals surface area contributed by atoms with E-state index in [1.807, 2.05) is 31.2 Å². The summed E-state index contributed by atoms with van der Waals surface area (Å²) < 4.78 is 25.5. The lowest BCUT2D eigenvalue weighted by Crippen LogP contribution is -2.44. The van der Waals surface area contributed by atoms with Gasteiger partial charge in [0.2, 0.25) is 5.91 Å². The van der Waals surface area contributed by atoms with Gasteiger partial charge in [-0.25, -0.2) is 4.39 Å². The third kappa shape index (κ3) is 4.04. The molecule has 0 N–H and O–H groups in total. The van der Waals surface area contributed by atoms with Gasteiger partial charge >= 0.3 is 0 Å². The van der Waals surface area contributed by atoms with E-state index in [2.05, 4.69) is 0 Å². The molecule has 0 saturated carbocycles. The number of fused-ring (bicyclic) bond motifs is 1. The van der Waals surface area contributed by atoms with Crippen molar-refractivity contribution in [2.24, 2.45) is 0 Å². The van der Waals surface area contributed by atoms with E-state index in [-0.39, 0.29) is 29.0 Å². The zero-order valence-corrected chi connectivity index (χ0v) is 14.6. The molecule has 1 aliphatic rings. The first-order chi connectivity index (χ1) is 12.1. The summed E-state index contributed by atoms with van der Waals surface area (Å²) in [4.78, 5) is 14.2. The van der Waals surface area contributed by atoms with Crippen LogP contribution in [-0.2, 0) is 11.2 Å². The summed E-state index contributed by atoms with van der Waals surface area (Å²) in [5.74, 6) is 0.700. The number of amides is 1. The molecule has 0 saturated heterocycles. The number of likely N-dealkylation sites (N-methyl/N-ethyl adjacent to an activating group) is 1. The van der Waals surface area contributed by atoms with Crippen LogP contribution in [0.3, 0.4) is 0 Å². The van der Waals surface area contributed by atoms with Crippen LogP contribution >= 0.6 is 11.6 Å². The number of carbonyl (C=O) groups is 1. The molecule has 0 bridgehead atoms. The van der Waals surface area contributed by atoms with Crippen LogP contribution < -0.4 is 9.47 Å². The number of hydrogen-bond donors (Lipinski definition) is 0. The molecule has 6 heteroatoms. The average Bonchev–Trinajstić information content (AvgIpc) is 2.62. The van der Waals surface area contributed by atoms with Crippen LogP contribution in [0, 0.1) is 5.82 Å². The van der Waals surface area contributed by atoms with Gasteiger partial charge in [-0.1, -0.05) is 29.8 Å². The second-order valence-electron chi connectivity index (χ2n) is 5.81. The van der Waals surface area contributed by atoms with Gasteiger partial charge in [-0.15, -0.1) is 0 Å². The van der Waals surface area contributed by atoms with Gasteiger partial charge in [0.1, 0.15) is 12.4 Å². The summed E-state index contributed by atoms with van der Waals surface area (Å²) in [6, 6.07) is 11.8. The third-order valence-corrected chi connectivity index (χ3v) is 4.47. The van der Waals surface area contributed by atoms with Gasteiger partial charge in [-0.2, -0.15) is 0 Å². The standard InChI is InChI=1S/C19H19ClFNO3/c1-2-22(19(23)10-14-15(20)6-5-7-16(14)21)11-13-12-24-17-8-3-4-9-18(17)25-13/h3-9,13H,2,10-12H2,1H3. The molecule has 0 fully saturated rings. The number of ether oxygens (including phenoxy) is 2. The highest BCUT2D eigenvalue weighted by Crippen LogP contribution is 2.31. The Balaban J connectivity index is 1.66. The fourth-order valence-corrected chi connectivity index (χ4v) is 3.00. The third-order valence-electron chi connectivity index (χ3n) is 4.12. The fourth-order valence-electron chi connectivity index (χ4n) is 2.77. The van der Waals surface area contributed by atoms with Crippen molar-refractivity contribution in [2.75, 3.05) is 19.7 Å². The summed E-state index contributed by atoms with van der Waals surface area (Å²) in [7, 11) is 0. The number of nitrogens with zero attached hydrogens (tertiary/aromatic N) is 1. The first-order valence-corrected chi connectivity index (χ1v) is 8.55. The van der Waals surface area contributed by atoms with E-state index in [1.54, 1.807) is 11.0 Å². The van der Waals surface area contributed by atoms with Gasteiger partial charge in [-0.3, -0.25) is 4.79 Å². The van der Waals surface area contributed by atoms with Gasteiger partial charge in [-0.05, 0) is 31.2 Å². The highest BCUT2D eigenvalue weighted by atomic mass is 35.5. The number of benzene rings is 2. The molecule has 1 atom stereocenters. The Kier molecular flexibility index (Phi) is 5.43. The predicted octanol–water partition coefficient (Wildman–Crippen LogP) is 3.71. The Morgan fingerprint density at radius 2 is 2.00 bits per heavy atom. The quantitative estimate of drug-likeness (QED) is 0.812. The summed E-state index contributed by atoms with van der Waals surface area (Å²) in [6.07, 6.45) is -0.348. The van der Waals surface area contributed by atoms with Gasteiger partial charge in [0, 0.05) is 17.1 Å². The van der Waals surface area contributed by atoms with Gasteiger partial charge in [0.15, 0.2) is 17.6 Å². The second kappa shape index (κ2) is 7.74. The van der Waals surface area contributed by atoms with Crippen LogP contribution in [0.5, 0.6) is 11.5 Å². The zero-order chi connectivity index (χ0) is 17.8. The van der Waals surface area contributed by atoms with Crippen LogP contribution in [0.15, 0.2) is 42.5 Å². The Labute approximate surface area is 151 Å². The molecule has 1 aliphatic heterocycles. The molecule has 25 heavy (non-hydrogen) atoms. The van der Waals surface area contributed by atoms with Crippen molar-refractivity contribution in [3.63, 3.8) is 0 Å². The van der Waals surface area contributed by atoms with Crippen LogP contribution in [0.2, 0.25) is 5.02 Å². The lowest BCUT2D eigenvalue weighted by molar-refractivity contribution is -0.131. The molecule has 0 aromatic heterocycles. The largest absolute Gasteiger partial charge is 0.486 e. The molecule has 0 radical (unpaired) electrons. The number of halogens is 2. The average molecular weight is 364 g/mol. The summed E-state index contributed by atoms with van der Waals surface area (Å²) in [5, 5.41) is 0.260. The number of rotatable bonds is 5. The second-order valence-corrected chi connectivity index (χ2v) is 6.21. The van der Waals surface area contributed by atoms with Gasteiger partial charge in [0.05, 0.1) is 13.0 Å². The van der Waals surface area contributed by atoms with Gasteiger partial charge in [0.25, 0.3) is 0 Å². The fraction of sp³-hybridized carbons (Fsp3) is 0.316. The molecule has 3 rings (SSSR count).